The van der Waals surface area contributed by atoms with Gasteiger partial charge < -0.3 is 10.0 Å². The van der Waals surface area contributed by atoms with Crippen molar-refractivity contribution in [1.29, 1.82) is 0 Å². The van der Waals surface area contributed by atoms with Crippen LogP contribution in [0.15, 0.2) is 24.3 Å². The lowest BCUT2D eigenvalue weighted by Gasteiger charge is -2.37. The van der Waals surface area contributed by atoms with E-state index in [-0.39, 0.29) is 18.3 Å². The van der Waals surface area contributed by atoms with Gasteiger partial charge >= 0.3 is 0 Å². The molecule has 0 bridgehead atoms. The highest BCUT2D eigenvalue weighted by atomic mass is 19.1. The maximum atomic E-state index is 12.9. The third-order valence-electron chi connectivity index (χ3n) is 3.80. The Kier molecular flexibility index (Phi) is 4.13. The Morgan fingerprint density at radius 1 is 1.35 bits per heavy atom. The predicted octanol–water partition coefficient (Wildman–Crippen LogP) is 2.24. The van der Waals surface area contributed by atoms with Gasteiger partial charge in [0.2, 0.25) is 0 Å². The monoisotopic (exact) mass is 237 g/mol. The van der Waals surface area contributed by atoms with E-state index < -0.39 is 0 Å². The fraction of sp³-hybridized carbons (Fsp3) is 0.571. The summed E-state index contributed by atoms with van der Waals surface area (Å²) in [7, 11) is 0. The van der Waals surface area contributed by atoms with Gasteiger partial charge in [0.05, 0.1) is 0 Å². The molecule has 17 heavy (non-hydrogen) atoms. The first kappa shape index (κ1) is 12.5. The van der Waals surface area contributed by atoms with E-state index in [9.17, 15) is 9.50 Å². The average Bonchev–Trinajstić information content (AvgIpc) is 2.39. The molecule has 2 nitrogen and oxygen atoms in total. The normalized spacial score (nSPS) is 26.1. The van der Waals surface area contributed by atoms with Crippen molar-refractivity contribution in [2.24, 2.45) is 5.92 Å². The number of likely N-dealkylation sites (tertiary alicyclic amines) is 1. The highest BCUT2D eigenvalue weighted by molar-refractivity contribution is 5.22. The van der Waals surface area contributed by atoms with Gasteiger partial charge in [-0.1, -0.05) is 19.1 Å². The lowest BCUT2D eigenvalue weighted by Crippen LogP contribution is -2.40. The van der Waals surface area contributed by atoms with Crippen molar-refractivity contribution in [2.45, 2.75) is 19.3 Å². The van der Waals surface area contributed by atoms with E-state index in [1.807, 2.05) is 12.1 Å². The van der Waals surface area contributed by atoms with Crippen LogP contribution in [0.25, 0.3) is 0 Å². The number of hydrogen-bond acceptors (Lipinski definition) is 2. The molecule has 1 heterocycles. The minimum Gasteiger partial charge on any atom is -0.396 e. The summed E-state index contributed by atoms with van der Waals surface area (Å²) in [6.07, 6.45) is 1.05. The Bertz CT molecular complexity index is 352. The molecule has 0 aliphatic carbocycles. The molecule has 2 atom stereocenters. The number of nitrogens with zero attached hydrogens (tertiary/aromatic N) is 1. The number of rotatable bonds is 3. The van der Waals surface area contributed by atoms with Crippen LogP contribution in [0.5, 0.6) is 0 Å². The fourth-order valence-corrected chi connectivity index (χ4v) is 2.73. The van der Waals surface area contributed by atoms with Crippen molar-refractivity contribution in [3.05, 3.63) is 35.6 Å². The van der Waals surface area contributed by atoms with E-state index in [4.69, 9.17) is 0 Å². The molecule has 0 aromatic heterocycles. The first-order valence-corrected chi connectivity index (χ1v) is 6.33. The number of piperidine rings is 1. The summed E-state index contributed by atoms with van der Waals surface area (Å²) >= 11 is 0. The molecule has 1 N–H and O–H groups in total. The van der Waals surface area contributed by atoms with Gasteiger partial charge in [0.15, 0.2) is 0 Å². The van der Waals surface area contributed by atoms with E-state index in [0.717, 1.165) is 31.6 Å². The highest BCUT2D eigenvalue weighted by Gasteiger charge is 2.29. The van der Waals surface area contributed by atoms with Crippen LogP contribution in [0.1, 0.15) is 24.8 Å². The lowest BCUT2D eigenvalue weighted by molar-refractivity contribution is 0.105. The summed E-state index contributed by atoms with van der Waals surface area (Å²) in [4.78, 5) is 2.36. The molecule has 94 valence electrons. The van der Waals surface area contributed by atoms with Crippen LogP contribution in [-0.2, 0) is 0 Å². The maximum Gasteiger partial charge on any atom is 0.123 e. The predicted molar refractivity (Wildman–Crippen MR) is 66.4 cm³/mol. The molecule has 0 amide bonds. The Labute approximate surface area is 102 Å². The molecule has 1 fully saturated rings. The molecule has 1 aliphatic rings. The molecule has 0 spiro atoms. The van der Waals surface area contributed by atoms with Gasteiger partial charge in [0.1, 0.15) is 5.82 Å². The van der Waals surface area contributed by atoms with Gasteiger partial charge in [-0.2, -0.15) is 0 Å². The minimum absolute atomic E-state index is 0.194. The maximum absolute atomic E-state index is 12.9. The van der Waals surface area contributed by atoms with Crippen molar-refractivity contribution >= 4 is 0 Å². The summed E-state index contributed by atoms with van der Waals surface area (Å²) in [5, 5.41) is 9.49. The Hall–Kier alpha value is -0.930. The molecule has 1 saturated heterocycles. The van der Waals surface area contributed by atoms with E-state index in [1.54, 1.807) is 0 Å². The van der Waals surface area contributed by atoms with Gasteiger partial charge in [0, 0.05) is 19.1 Å². The number of benzene rings is 1. The van der Waals surface area contributed by atoms with Crippen molar-refractivity contribution in [2.75, 3.05) is 26.2 Å². The second kappa shape index (κ2) is 5.61. The Morgan fingerprint density at radius 2 is 2.06 bits per heavy atom. The van der Waals surface area contributed by atoms with Gasteiger partial charge in [-0.25, -0.2) is 4.39 Å². The molecule has 1 unspecified atom stereocenters. The molecule has 2 rings (SSSR count). The zero-order chi connectivity index (χ0) is 12.3. The zero-order valence-electron chi connectivity index (χ0n) is 10.3. The van der Waals surface area contributed by atoms with E-state index >= 15 is 0 Å². The molecule has 3 heteroatoms. The average molecular weight is 237 g/mol. The molecule has 0 saturated carbocycles. The minimum atomic E-state index is -0.194. The van der Waals surface area contributed by atoms with Gasteiger partial charge in [-0.3, -0.25) is 0 Å². The van der Waals surface area contributed by atoms with Crippen LogP contribution >= 0.6 is 0 Å². The van der Waals surface area contributed by atoms with Crippen LogP contribution in [0, 0.1) is 11.7 Å². The zero-order valence-corrected chi connectivity index (χ0v) is 10.3. The topological polar surface area (TPSA) is 23.5 Å². The number of aliphatic hydroxyl groups is 1. The first-order valence-electron chi connectivity index (χ1n) is 6.33. The molecular formula is C14H20FNO. The lowest BCUT2D eigenvalue weighted by atomic mass is 9.81. The standard InChI is InChI=1S/C14H20FNO/c1-2-16-8-7-14(12(9-16)10-17)11-3-5-13(15)6-4-11/h3-6,12,14,17H,2,7-10H2,1H3/t12?,14-/m0/s1. The van der Waals surface area contributed by atoms with Crippen LogP contribution in [0.2, 0.25) is 0 Å². The van der Waals surface area contributed by atoms with Gasteiger partial charge in [0.25, 0.3) is 0 Å². The Morgan fingerprint density at radius 3 is 2.65 bits per heavy atom. The summed E-state index contributed by atoms with van der Waals surface area (Å²) in [5.74, 6) is 0.442. The van der Waals surface area contributed by atoms with Gasteiger partial charge in [-0.05, 0) is 43.1 Å². The van der Waals surface area contributed by atoms with E-state index in [1.165, 1.54) is 12.1 Å². The van der Waals surface area contributed by atoms with Crippen molar-refractivity contribution in [3.63, 3.8) is 0 Å². The molecule has 0 radical (unpaired) electrons. The van der Waals surface area contributed by atoms with Gasteiger partial charge in [-0.15, -0.1) is 0 Å². The summed E-state index contributed by atoms with van der Waals surface area (Å²) in [5.41, 5.74) is 1.15. The smallest absolute Gasteiger partial charge is 0.123 e. The Balaban J connectivity index is 2.12. The first-order chi connectivity index (χ1) is 8.24. The summed E-state index contributed by atoms with van der Waals surface area (Å²) in [6.45, 7) is 5.39. The van der Waals surface area contributed by atoms with Crippen LogP contribution in [-0.4, -0.2) is 36.2 Å². The number of hydrogen-bond donors (Lipinski definition) is 1. The molecular weight excluding hydrogens is 217 g/mol. The largest absolute Gasteiger partial charge is 0.396 e. The summed E-state index contributed by atoms with van der Waals surface area (Å²) in [6, 6.07) is 6.72. The highest BCUT2D eigenvalue weighted by Crippen LogP contribution is 2.32. The third kappa shape index (κ3) is 2.85. The number of halogens is 1. The van der Waals surface area contributed by atoms with Crippen LogP contribution in [0.4, 0.5) is 4.39 Å². The molecule has 1 aromatic carbocycles. The van der Waals surface area contributed by atoms with E-state index in [0.29, 0.717) is 5.92 Å². The second-order valence-electron chi connectivity index (χ2n) is 4.78. The van der Waals surface area contributed by atoms with Crippen molar-refractivity contribution in [1.82, 2.24) is 4.90 Å². The quantitative estimate of drug-likeness (QED) is 0.871. The molecule has 1 aliphatic heterocycles. The second-order valence-corrected chi connectivity index (χ2v) is 4.78. The van der Waals surface area contributed by atoms with Crippen molar-refractivity contribution < 1.29 is 9.50 Å². The van der Waals surface area contributed by atoms with E-state index in [2.05, 4.69) is 11.8 Å². The third-order valence-corrected chi connectivity index (χ3v) is 3.80. The van der Waals surface area contributed by atoms with Crippen LogP contribution < -0.4 is 0 Å². The summed E-state index contributed by atoms with van der Waals surface area (Å²) < 4.78 is 12.9. The SMILES string of the molecule is CCN1CC[C@@H](c2ccc(F)cc2)C(CO)C1. The molecule has 1 aromatic rings. The van der Waals surface area contributed by atoms with Crippen LogP contribution in [0.3, 0.4) is 0 Å². The fourth-order valence-electron chi connectivity index (χ4n) is 2.73. The number of aliphatic hydroxyl groups excluding tert-OH is 1. The van der Waals surface area contributed by atoms with Crippen molar-refractivity contribution in [3.8, 4) is 0 Å².